The van der Waals surface area contributed by atoms with E-state index in [0.717, 1.165) is 26.1 Å². The SMILES string of the molecule is Cc1ccc(CN(C)CC(C)CCN)c(C)c1C. The Morgan fingerprint density at radius 3 is 2.44 bits per heavy atom. The molecule has 1 aromatic carbocycles. The lowest BCUT2D eigenvalue weighted by Crippen LogP contribution is -2.25. The van der Waals surface area contributed by atoms with Crippen LogP contribution in [0.3, 0.4) is 0 Å². The van der Waals surface area contributed by atoms with Crippen LogP contribution in [0.2, 0.25) is 0 Å². The third-order valence-corrected chi connectivity index (χ3v) is 3.89. The monoisotopic (exact) mass is 248 g/mol. The van der Waals surface area contributed by atoms with E-state index in [9.17, 15) is 0 Å². The molecule has 0 amide bonds. The molecule has 0 saturated carbocycles. The van der Waals surface area contributed by atoms with Crippen molar-refractivity contribution in [3.63, 3.8) is 0 Å². The minimum absolute atomic E-state index is 0.673. The zero-order valence-corrected chi connectivity index (χ0v) is 12.6. The lowest BCUT2D eigenvalue weighted by Gasteiger charge is -2.22. The molecule has 1 unspecified atom stereocenters. The number of rotatable bonds is 6. The van der Waals surface area contributed by atoms with Crippen molar-refractivity contribution in [3.8, 4) is 0 Å². The molecule has 1 atom stereocenters. The summed E-state index contributed by atoms with van der Waals surface area (Å²) in [4.78, 5) is 2.40. The Bertz CT molecular complexity index is 385. The number of nitrogens with zero attached hydrogens (tertiary/aromatic N) is 1. The van der Waals surface area contributed by atoms with Crippen LogP contribution < -0.4 is 5.73 Å². The van der Waals surface area contributed by atoms with E-state index in [1.54, 1.807) is 0 Å². The topological polar surface area (TPSA) is 29.3 Å². The summed E-state index contributed by atoms with van der Waals surface area (Å²) in [5.74, 6) is 0.673. The van der Waals surface area contributed by atoms with Crippen LogP contribution in [0.15, 0.2) is 12.1 Å². The average Bonchev–Trinajstić information content (AvgIpc) is 2.30. The van der Waals surface area contributed by atoms with Gasteiger partial charge in [-0.25, -0.2) is 0 Å². The minimum Gasteiger partial charge on any atom is -0.330 e. The van der Waals surface area contributed by atoms with Gasteiger partial charge in [0.2, 0.25) is 0 Å². The van der Waals surface area contributed by atoms with E-state index in [4.69, 9.17) is 5.73 Å². The predicted octanol–water partition coefficient (Wildman–Crippen LogP) is 3.03. The van der Waals surface area contributed by atoms with Gasteiger partial charge in [0.05, 0.1) is 0 Å². The largest absolute Gasteiger partial charge is 0.330 e. The molecule has 0 bridgehead atoms. The van der Waals surface area contributed by atoms with Crippen LogP contribution in [0.25, 0.3) is 0 Å². The summed E-state index contributed by atoms with van der Waals surface area (Å²) < 4.78 is 0. The maximum Gasteiger partial charge on any atom is 0.0233 e. The highest BCUT2D eigenvalue weighted by atomic mass is 15.1. The van der Waals surface area contributed by atoms with E-state index >= 15 is 0 Å². The second kappa shape index (κ2) is 6.91. The highest BCUT2D eigenvalue weighted by Crippen LogP contribution is 2.18. The number of benzene rings is 1. The molecule has 0 fully saturated rings. The summed E-state index contributed by atoms with van der Waals surface area (Å²) in [5, 5.41) is 0. The summed E-state index contributed by atoms with van der Waals surface area (Å²) in [6, 6.07) is 4.50. The van der Waals surface area contributed by atoms with Crippen LogP contribution in [-0.4, -0.2) is 25.0 Å². The van der Waals surface area contributed by atoms with Crippen molar-refractivity contribution >= 4 is 0 Å². The molecule has 1 aromatic rings. The number of hydrogen-bond acceptors (Lipinski definition) is 2. The Morgan fingerprint density at radius 2 is 1.83 bits per heavy atom. The van der Waals surface area contributed by atoms with E-state index < -0.39 is 0 Å². The second-order valence-corrected chi connectivity index (χ2v) is 5.67. The van der Waals surface area contributed by atoms with Crippen LogP contribution >= 0.6 is 0 Å². The number of nitrogens with two attached hydrogens (primary N) is 1. The highest BCUT2D eigenvalue weighted by Gasteiger charge is 2.09. The third kappa shape index (κ3) is 4.11. The Kier molecular flexibility index (Phi) is 5.83. The van der Waals surface area contributed by atoms with E-state index in [-0.39, 0.29) is 0 Å². The lowest BCUT2D eigenvalue weighted by atomic mass is 9.98. The molecule has 2 N–H and O–H groups in total. The lowest BCUT2D eigenvalue weighted by molar-refractivity contribution is 0.272. The fourth-order valence-electron chi connectivity index (χ4n) is 2.45. The van der Waals surface area contributed by atoms with Crippen LogP contribution in [0, 0.1) is 26.7 Å². The zero-order valence-electron chi connectivity index (χ0n) is 12.6. The first-order valence-corrected chi connectivity index (χ1v) is 6.90. The normalized spacial score (nSPS) is 13.1. The second-order valence-electron chi connectivity index (χ2n) is 5.67. The van der Waals surface area contributed by atoms with E-state index in [2.05, 4.69) is 51.8 Å². The van der Waals surface area contributed by atoms with Gasteiger partial charge in [-0.2, -0.15) is 0 Å². The molecule has 0 spiro atoms. The van der Waals surface area contributed by atoms with Gasteiger partial charge in [-0.15, -0.1) is 0 Å². The molecule has 102 valence electrons. The van der Waals surface area contributed by atoms with Gasteiger partial charge in [0, 0.05) is 13.1 Å². The van der Waals surface area contributed by atoms with Crippen LogP contribution in [0.1, 0.15) is 35.6 Å². The van der Waals surface area contributed by atoms with E-state index in [0.29, 0.717) is 5.92 Å². The van der Waals surface area contributed by atoms with Gasteiger partial charge < -0.3 is 10.6 Å². The van der Waals surface area contributed by atoms with Crippen molar-refractivity contribution in [2.24, 2.45) is 11.7 Å². The Morgan fingerprint density at radius 1 is 1.17 bits per heavy atom. The highest BCUT2D eigenvalue weighted by molar-refractivity contribution is 5.38. The van der Waals surface area contributed by atoms with Crippen molar-refractivity contribution in [2.75, 3.05) is 20.1 Å². The Labute approximate surface area is 112 Å². The molecule has 0 aliphatic carbocycles. The molecule has 2 heteroatoms. The molecule has 0 saturated heterocycles. The molecule has 2 nitrogen and oxygen atoms in total. The smallest absolute Gasteiger partial charge is 0.0233 e. The van der Waals surface area contributed by atoms with Gasteiger partial charge in [-0.3, -0.25) is 0 Å². The summed E-state index contributed by atoms with van der Waals surface area (Å²) in [6.07, 6.45) is 1.11. The Hall–Kier alpha value is -0.860. The summed E-state index contributed by atoms with van der Waals surface area (Å²) in [6.45, 7) is 11.8. The van der Waals surface area contributed by atoms with Crippen LogP contribution in [0.5, 0.6) is 0 Å². The van der Waals surface area contributed by atoms with Crippen molar-refractivity contribution in [2.45, 2.75) is 40.7 Å². The van der Waals surface area contributed by atoms with Crippen molar-refractivity contribution in [3.05, 3.63) is 34.4 Å². The molecule has 0 aliphatic heterocycles. The van der Waals surface area contributed by atoms with Gasteiger partial charge in [-0.05, 0) is 69.0 Å². The molecular weight excluding hydrogens is 220 g/mol. The first kappa shape index (κ1) is 15.2. The first-order valence-electron chi connectivity index (χ1n) is 6.90. The molecular formula is C16H28N2. The first-order chi connectivity index (χ1) is 8.45. The van der Waals surface area contributed by atoms with Crippen molar-refractivity contribution < 1.29 is 0 Å². The van der Waals surface area contributed by atoms with Crippen molar-refractivity contribution in [1.82, 2.24) is 4.90 Å². The van der Waals surface area contributed by atoms with Crippen molar-refractivity contribution in [1.29, 1.82) is 0 Å². The van der Waals surface area contributed by atoms with E-state index in [1.807, 2.05) is 0 Å². The molecule has 18 heavy (non-hydrogen) atoms. The molecule has 0 heterocycles. The molecule has 0 aromatic heterocycles. The fraction of sp³-hybridized carbons (Fsp3) is 0.625. The quantitative estimate of drug-likeness (QED) is 0.838. The number of aryl methyl sites for hydroxylation is 1. The summed E-state index contributed by atoms with van der Waals surface area (Å²) in [7, 11) is 2.20. The minimum atomic E-state index is 0.673. The van der Waals surface area contributed by atoms with Gasteiger partial charge in [0.15, 0.2) is 0 Å². The number of hydrogen-bond donors (Lipinski definition) is 1. The zero-order chi connectivity index (χ0) is 13.7. The van der Waals surface area contributed by atoms with Crippen LogP contribution in [-0.2, 0) is 6.54 Å². The van der Waals surface area contributed by atoms with Gasteiger partial charge in [0.25, 0.3) is 0 Å². The van der Waals surface area contributed by atoms with E-state index in [1.165, 1.54) is 22.3 Å². The maximum absolute atomic E-state index is 5.60. The molecule has 0 aliphatic rings. The average molecular weight is 248 g/mol. The summed E-state index contributed by atoms with van der Waals surface area (Å²) in [5.41, 5.74) is 11.3. The predicted molar refractivity (Wildman–Crippen MR) is 79.8 cm³/mol. The van der Waals surface area contributed by atoms with Gasteiger partial charge in [0.1, 0.15) is 0 Å². The van der Waals surface area contributed by atoms with Gasteiger partial charge >= 0.3 is 0 Å². The Balaban J connectivity index is 2.65. The summed E-state index contributed by atoms with van der Waals surface area (Å²) >= 11 is 0. The van der Waals surface area contributed by atoms with Gasteiger partial charge in [-0.1, -0.05) is 19.1 Å². The third-order valence-electron chi connectivity index (χ3n) is 3.89. The molecule has 0 radical (unpaired) electrons. The maximum atomic E-state index is 5.60. The molecule has 1 rings (SSSR count). The standard InChI is InChI=1S/C16H28N2/c1-12(8-9-17)10-18(5)11-16-7-6-13(2)14(3)15(16)4/h6-7,12H,8-11,17H2,1-5H3. The fourth-order valence-corrected chi connectivity index (χ4v) is 2.45. The van der Waals surface area contributed by atoms with Crippen LogP contribution in [0.4, 0.5) is 0 Å².